The Balaban J connectivity index is 2.82. The van der Waals surface area contributed by atoms with Crippen molar-refractivity contribution in [2.24, 2.45) is 5.16 Å². The minimum Gasteiger partial charge on any atom is -0.464 e. The van der Waals surface area contributed by atoms with E-state index in [1.807, 2.05) is 0 Å². The Hall–Kier alpha value is -2.16. The van der Waals surface area contributed by atoms with Gasteiger partial charge in [0.15, 0.2) is 5.13 Å². The molecule has 0 atom stereocenters. The smallest absolute Gasteiger partial charge is 0.413 e. The van der Waals surface area contributed by atoms with Crippen LogP contribution in [0.15, 0.2) is 10.5 Å². The van der Waals surface area contributed by atoms with Crippen molar-refractivity contribution in [1.29, 1.82) is 0 Å². The van der Waals surface area contributed by atoms with Crippen LogP contribution in [0.5, 0.6) is 0 Å². The number of carbonyl (C=O) groups is 2. The van der Waals surface area contributed by atoms with Crippen LogP contribution in [-0.4, -0.2) is 43.1 Å². The lowest BCUT2D eigenvalue weighted by molar-refractivity contribution is -0.132. The van der Waals surface area contributed by atoms with Gasteiger partial charge in [0.2, 0.25) is 5.71 Å². The summed E-state index contributed by atoms with van der Waals surface area (Å²) in [5.74, 6) is -0.687. The molecule has 9 heteroatoms. The molecule has 1 rings (SSSR count). The average molecular weight is 301 g/mol. The normalized spacial score (nSPS) is 11.2. The van der Waals surface area contributed by atoms with Crippen LogP contribution in [0.25, 0.3) is 0 Å². The van der Waals surface area contributed by atoms with Gasteiger partial charge >= 0.3 is 12.1 Å². The van der Waals surface area contributed by atoms with Gasteiger partial charge in [-0.25, -0.2) is 14.6 Å². The number of amides is 1. The Labute approximate surface area is 119 Å². The maximum absolute atomic E-state index is 11.5. The first-order chi connectivity index (χ1) is 9.47. The van der Waals surface area contributed by atoms with Gasteiger partial charge in [0, 0.05) is 5.38 Å². The van der Waals surface area contributed by atoms with Crippen molar-refractivity contribution in [3.63, 3.8) is 0 Å². The number of carbonyl (C=O) groups excluding carboxylic acids is 2. The number of nitrogens with zero attached hydrogens (tertiary/aromatic N) is 2. The van der Waals surface area contributed by atoms with Gasteiger partial charge in [-0.05, 0) is 13.8 Å². The Kier molecular flexibility index (Phi) is 5.91. The summed E-state index contributed by atoms with van der Waals surface area (Å²) in [6, 6.07) is 0. The Morgan fingerprint density at radius 2 is 2.10 bits per heavy atom. The van der Waals surface area contributed by atoms with Gasteiger partial charge in [0.1, 0.15) is 12.8 Å². The average Bonchev–Trinajstić information content (AvgIpc) is 2.82. The van der Waals surface area contributed by atoms with E-state index in [0.717, 1.165) is 11.3 Å². The van der Waals surface area contributed by atoms with Crippen LogP contribution in [0.3, 0.4) is 0 Å². The van der Waals surface area contributed by atoms with Gasteiger partial charge in [-0.3, -0.25) is 5.32 Å². The number of hydrogen-bond acceptors (Lipinski definition) is 8. The summed E-state index contributed by atoms with van der Waals surface area (Å²) in [4.78, 5) is 31.5. The number of hydrogen-bond donors (Lipinski definition) is 1. The summed E-state index contributed by atoms with van der Waals surface area (Å²) in [5.41, 5.74) is 0.153. The number of rotatable bonds is 5. The molecule has 0 spiro atoms. The van der Waals surface area contributed by atoms with Crippen LogP contribution in [0, 0.1) is 0 Å². The molecule has 0 aliphatic carbocycles. The minimum atomic E-state index is -0.687. The van der Waals surface area contributed by atoms with Gasteiger partial charge in [0.25, 0.3) is 0 Å². The molecule has 0 saturated heterocycles. The molecule has 0 bridgehead atoms. The Morgan fingerprint density at radius 3 is 2.65 bits per heavy atom. The number of anilines is 1. The molecule has 1 amide bonds. The second-order valence-corrected chi connectivity index (χ2v) is 4.59. The molecular formula is C11H15N3O5S. The zero-order chi connectivity index (χ0) is 15.1. The lowest BCUT2D eigenvalue weighted by Crippen LogP contribution is -2.19. The van der Waals surface area contributed by atoms with Crippen molar-refractivity contribution < 1.29 is 23.9 Å². The lowest BCUT2D eigenvalue weighted by atomic mass is 10.3. The first kappa shape index (κ1) is 15.9. The molecule has 1 aromatic heterocycles. The topological polar surface area (TPSA) is 99.1 Å². The zero-order valence-electron chi connectivity index (χ0n) is 11.5. The molecule has 0 aliphatic rings. The Morgan fingerprint density at radius 1 is 1.40 bits per heavy atom. The standard InChI is InChI=1S/C11H15N3O5S/c1-6(2)19-11(16)13-10-12-7(5-20-10)8(14-18-4)9(15)17-3/h5-6H,1-4H3,(H,12,13,16). The van der Waals surface area contributed by atoms with Crippen LogP contribution in [0.1, 0.15) is 19.5 Å². The molecule has 1 N–H and O–H groups in total. The molecule has 0 fully saturated rings. The molecule has 0 aromatic carbocycles. The molecule has 0 aliphatic heterocycles. The highest BCUT2D eigenvalue weighted by Crippen LogP contribution is 2.17. The van der Waals surface area contributed by atoms with Crippen LogP contribution >= 0.6 is 11.3 Å². The number of oxime groups is 1. The van der Waals surface area contributed by atoms with Gasteiger partial charge in [-0.1, -0.05) is 5.16 Å². The molecule has 0 radical (unpaired) electrons. The fraction of sp³-hybridized carbons (Fsp3) is 0.455. The lowest BCUT2D eigenvalue weighted by Gasteiger charge is -2.06. The van der Waals surface area contributed by atoms with Crippen LogP contribution < -0.4 is 5.32 Å². The van der Waals surface area contributed by atoms with E-state index >= 15 is 0 Å². The number of thiazole rings is 1. The third-order valence-electron chi connectivity index (χ3n) is 1.86. The SMILES string of the molecule is CON=C(C(=O)OC)c1csc(NC(=O)OC(C)C)n1. The van der Waals surface area contributed by atoms with Crippen molar-refractivity contribution in [2.75, 3.05) is 19.5 Å². The quantitative estimate of drug-likeness (QED) is 0.504. The predicted molar refractivity (Wildman–Crippen MR) is 72.9 cm³/mol. The molecule has 1 heterocycles. The number of aromatic nitrogens is 1. The summed E-state index contributed by atoms with van der Waals surface area (Å²) in [6.07, 6.45) is -0.862. The predicted octanol–water partition coefficient (Wildman–Crippen LogP) is 1.62. The third kappa shape index (κ3) is 4.50. The highest BCUT2D eigenvalue weighted by molar-refractivity contribution is 7.14. The van der Waals surface area contributed by atoms with Crippen molar-refractivity contribution in [3.05, 3.63) is 11.1 Å². The van der Waals surface area contributed by atoms with Gasteiger partial charge in [0.05, 0.1) is 13.2 Å². The largest absolute Gasteiger partial charge is 0.464 e. The second-order valence-electron chi connectivity index (χ2n) is 3.73. The molecule has 1 aromatic rings. The first-order valence-electron chi connectivity index (χ1n) is 5.61. The number of nitrogens with one attached hydrogen (secondary N) is 1. The zero-order valence-corrected chi connectivity index (χ0v) is 12.3. The summed E-state index contributed by atoms with van der Waals surface area (Å²) in [7, 11) is 2.52. The highest BCUT2D eigenvalue weighted by atomic mass is 32.1. The molecule has 8 nitrogen and oxygen atoms in total. The van der Waals surface area contributed by atoms with E-state index in [4.69, 9.17) is 4.74 Å². The van der Waals surface area contributed by atoms with E-state index in [2.05, 4.69) is 25.0 Å². The summed E-state index contributed by atoms with van der Waals surface area (Å²) in [5, 5.41) is 7.81. The van der Waals surface area contributed by atoms with E-state index in [9.17, 15) is 9.59 Å². The molecule has 20 heavy (non-hydrogen) atoms. The Bertz CT molecular complexity index is 512. The summed E-state index contributed by atoms with van der Waals surface area (Å²) >= 11 is 1.12. The van der Waals surface area contributed by atoms with E-state index in [-0.39, 0.29) is 22.6 Å². The number of ether oxygens (including phenoxy) is 2. The van der Waals surface area contributed by atoms with E-state index in [1.165, 1.54) is 14.2 Å². The second kappa shape index (κ2) is 7.43. The van der Waals surface area contributed by atoms with E-state index in [1.54, 1.807) is 19.2 Å². The summed E-state index contributed by atoms with van der Waals surface area (Å²) < 4.78 is 9.48. The van der Waals surface area contributed by atoms with Crippen LogP contribution in [0.2, 0.25) is 0 Å². The fourth-order valence-corrected chi connectivity index (χ4v) is 1.83. The van der Waals surface area contributed by atoms with Crippen molar-refractivity contribution in [2.45, 2.75) is 20.0 Å². The monoisotopic (exact) mass is 301 g/mol. The highest BCUT2D eigenvalue weighted by Gasteiger charge is 2.20. The van der Waals surface area contributed by atoms with Crippen molar-refractivity contribution in [3.8, 4) is 0 Å². The van der Waals surface area contributed by atoms with E-state index in [0.29, 0.717) is 0 Å². The fourth-order valence-electron chi connectivity index (χ4n) is 1.15. The van der Waals surface area contributed by atoms with Gasteiger partial charge < -0.3 is 14.3 Å². The summed E-state index contributed by atoms with van der Waals surface area (Å²) in [6.45, 7) is 3.46. The van der Waals surface area contributed by atoms with E-state index < -0.39 is 12.1 Å². The van der Waals surface area contributed by atoms with Crippen molar-refractivity contribution in [1.82, 2.24) is 4.98 Å². The maximum Gasteiger partial charge on any atom is 0.413 e. The molecular weight excluding hydrogens is 286 g/mol. The molecule has 0 unspecified atom stereocenters. The maximum atomic E-state index is 11.5. The molecule has 0 saturated carbocycles. The number of esters is 1. The first-order valence-corrected chi connectivity index (χ1v) is 6.48. The van der Waals surface area contributed by atoms with Gasteiger partial charge in [-0.2, -0.15) is 0 Å². The third-order valence-corrected chi connectivity index (χ3v) is 2.62. The van der Waals surface area contributed by atoms with Crippen LogP contribution in [0.4, 0.5) is 9.93 Å². The van der Waals surface area contributed by atoms with Crippen molar-refractivity contribution >= 4 is 34.2 Å². The molecule has 110 valence electrons. The van der Waals surface area contributed by atoms with Gasteiger partial charge in [-0.15, -0.1) is 11.3 Å². The number of methoxy groups -OCH3 is 1. The minimum absolute atomic E-state index is 0.0865. The van der Waals surface area contributed by atoms with Crippen LogP contribution in [-0.2, 0) is 19.1 Å².